The molecule has 4 rings (SSSR count). The van der Waals surface area contributed by atoms with Crippen LogP contribution < -0.4 is 10.3 Å². The molecule has 8 heteroatoms. The van der Waals surface area contributed by atoms with Gasteiger partial charge in [0, 0.05) is 17.5 Å². The number of furan rings is 1. The first kappa shape index (κ1) is 22.3. The Labute approximate surface area is 190 Å². The number of rotatable bonds is 9. The lowest BCUT2D eigenvalue weighted by Gasteiger charge is -2.25. The predicted molar refractivity (Wildman–Crippen MR) is 126 cm³/mol. The molecule has 0 spiro atoms. The standard InChI is InChI=1S/C24H27N3O4S/c1-15(2)20(28)12-27(11-18-8-5-9-31-18)13-21-25-23(29)22-19(14-32-24(22)26-21)16-6-4-7-17(10-16)30-3/h4-10,14-15,20,28H,11-13H2,1-3H3,(H,25,26,29). The van der Waals surface area contributed by atoms with Crippen LogP contribution in [-0.2, 0) is 13.1 Å². The highest BCUT2D eigenvalue weighted by atomic mass is 32.1. The summed E-state index contributed by atoms with van der Waals surface area (Å²) in [5.41, 5.74) is 1.58. The van der Waals surface area contributed by atoms with E-state index >= 15 is 0 Å². The van der Waals surface area contributed by atoms with Gasteiger partial charge in [-0.1, -0.05) is 26.0 Å². The molecule has 0 bridgehead atoms. The molecule has 3 heterocycles. The zero-order chi connectivity index (χ0) is 22.7. The number of hydrogen-bond donors (Lipinski definition) is 2. The van der Waals surface area contributed by atoms with Crippen LogP contribution in [0.25, 0.3) is 21.3 Å². The zero-order valence-corrected chi connectivity index (χ0v) is 19.2. The van der Waals surface area contributed by atoms with Crippen LogP contribution in [0.2, 0.25) is 0 Å². The molecule has 0 aliphatic rings. The molecule has 0 radical (unpaired) electrons. The van der Waals surface area contributed by atoms with Crippen LogP contribution in [0.1, 0.15) is 25.4 Å². The van der Waals surface area contributed by atoms with E-state index in [1.165, 1.54) is 11.3 Å². The lowest BCUT2D eigenvalue weighted by atomic mass is 10.1. The van der Waals surface area contributed by atoms with Crippen molar-refractivity contribution in [2.24, 2.45) is 5.92 Å². The highest BCUT2D eigenvalue weighted by Gasteiger charge is 2.19. The maximum Gasteiger partial charge on any atom is 0.260 e. The summed E-state index contributed by atoms with van der Waals surface area (Å²) in [6.07, 6.45) is 1.13. The van der Waals surface area contributed by atoms with Crippen LogP contribution in [0, 0.1) is 5.92 Å². The summed E-state index contributed by atoms with van der Waals surface area (Å²) in [6, 6.07) is 11.4. The van der Waals surface area contributed by atoms with Crippen LogP contribution in [-0.4, -0.2) is 39.7 Å². The number of aliphatic hydroxyl groups is 1. The topological polar surface area (TPSA) is 91.6 Å². The molecule has 168 valence electrons. The third-order valence-corrected chi connectivity index (χ3v) is 6.29. The Hall–Kier alpha value is -2.94. The van der Waals surface area contributed by atoms with Crippen molar-refractivity contribution in [2.45, 2.75) is 33.0 Å². The van der Waals surface area contributed by atoms with Crippen molar-refractivity contribution in [3.63, 3.8) is 0 Å². The van der Waals surface area contributed by atoms with Crippen LogP contribution >= 0.6 is 11.3 Å². The third-order valence-electron chi connectivity index (χ3n) is 5.42. The summed E-state index contributed by atoms with van der Waals surface area (Å²) in [4.78, 5) is 23.4. The quantitative estimate of drug-likeness (QED) is 0.393. The van der Waals surface area contributed by atoms with Gasteiger partial charge < -0.3 is 19.2 Å². The first-order valence-corrected chi connectivity index (χ1v) is 11.4. The summed E-state index contributed by atoms with van der Waals surface area (Å²) < 4.78 is 10.8. The van der Waals surface area contributed by atoms with Gasteiger partial charge in [-0.3, -0.25) is 9.69 Å². The highest BCUT2D eigenvalue weighted by Crippen LogP contribution is 2.32. The van der Waals surface area contributed by atoms with Crippen molar-refractivity contribution in [2.75, 3.05) is 13.7 Å². The normalized spacial score (nSPS) is 12.7. The minimum atomic E-state index is -0.498. The Bertz CT molecular complexity index is 1230. The van der Waals surface area contributed by atoms with Gasteiger partial charge in [-0.2, -0.15) is 0 Å². The van der Waals surface area contributed by atoms with Crippen LogP contribution in [0.4, 0.5) is 0 Å². The van der Waals surface area contributed by atoms with Crippen LogP contribution in [0.3, 0.4) is 0 Å². The number of thiophene rings is 1. The molecule has 0 aliphatic carbocycles. The molecule has 2 N–H and O–H groups in total. The summed E-state index contributed by atoms with van der Waals surface area (Å²) in [7, 11) is 1.62. The Morgan fingerprint density at radius 2 is 2.09 bits per heavy atom. The number of ether oxygens (including phenoxy) is 1. The fraction of sp³-hybridized carbons (Fsp3) is 0.333. The van der Waals surface area contributed by atoms with E-state index in [1.807, 2.05) is 60.5 Å². The molecule has 1 aromatic carbocycles. The number of benzene rings is 1. The van der Waals surface area contributed by atoms with Gasteiger partial charge in [0.15, 0.2) is 0 Å². The van der Waals surface area contributed by atoms with Crippen molar-refractivity contribution in [3.8, 4) is 16.9 Å². The van der Waals surface area contributed by atoms with Crippen molar-refractivity contribution in [3.05, 3.63) is 70.0 Å². The summed E-state index contributed by atoms with van der Waals surface area (Å²) >= 11 is 1.44. The van der Waals surface area contributed by atoms with E-state index in [4.69, 9.17) is 14.1 Å². The molecule has 0 aliphatic heterocycles. The molecule has 0 fully saturated rings. The van der Waals surface area contributed by atoms with E-state index in [0.717, 1.165) is 22.6 Å². The Morgan fingerprint density at radius 3 is 2.81 bits per heavy atom. The highest BCUT2D eigenvalue weighted by molar-refractivity contribution is 7.17. The lowest BCUT2D eigenvalue weighted by molar-refractivity contribution is 0.0660. The van der Waals surface area contributed by atoms with Gasteiger partial charge in [-0.05, 0) is 35.7 Å². The second-order valence-electron chi connectivity index (χ2n) is 8.13. The second kappa shape index (κ2) is 9.68. The van der Waals surface area contributed by atoms with E-state index in [1.54, 1.807) is 13.4 Å². The van der Waals surface area contributed by atoms with Gasteiger partial charge in [-0.15, -0.1) is 11.3 Å². The maximum absolute atomic E-state index is 13.0. The fourth-order valence-corrected chi connectivity index (χ4v) is 4.53. The minimum absolute atomic E-state index is 0.117. The fourth-order valence-electron chi connectivity index (χ4n) is 3.57. The van der Waals surface area contributed by atoms with E-state index in [-0.39, 0.29) is 11.5 Å². The summed E-state index contributed by atoms with van der Waals surface area (Å²) in [5, 5.41) is 13.0. The van der Waals surface area contributed by atoms with Gasteiger partial charge in [0.25, 0.3) is 5.56 Å². The van der Waals surface area contributed by atoms with Gasteiger partial charge in [0.1, 0.15) is 22.2 Å². The Kier molecular flexibility index (Phi) is 6.74. The Morgan fingerprint density at radius 1 is 1.25 bits per heavy atom. The smallest absolute Gasteiger partial charge is 0.260 e. The number of H-pyrrole nitrogens is 1. The Balaban J connectivity index is 1.64. The number of aliphatic hydroxyl groups excluding tert-OH is 1. The third kappa shape index (κ3) is 4.93. The van der Waals surface area contributed by atoms with Gasteiger partial charge in [0.2, 0.25) is 0 Å². The molecular weight excluding hydrogens is 426 g/mol. The summed E-state index contributed by atoms with van der Waals surface area (Å²) in [6.45, 7) is 5.31. The predicted octanol–water partition coefficient (Wildman–Crippen LogP) is 4.27. The zero-order valence-electron chi connectivity index (χ0n) is 18.4. The number of nitrogens with one attached hydrogen (secondary N) is 1. The lowest BCUT2D eigenvalue weighted by Crippen LogP contribution is -2.35. The van der Waals surface area contributed by atoms with Crippen molar-refractivity contribution < 1.29 is 14.3 Å². The molecule has 3 aromatic heterocycles. The molecule has 0 saturated carbocycles. The van der Waals surface area contributed by atoms with Crippen LogP contribution in [0.15, 0.2) is 57.3 Å². The monoisotopic (exact) mass is 453 g/mol. The first-order chi connectivity index (χ1) is 15.4. The SMILES string of the molecule is COc1cccc(-c2csc3nc(CN(Cc4ccco4)CC(O)C(C)C)[nH]c(=O)c23)c1. The number of methoxy groups -OCH3 is 1. The van der Waals surface area contributed by atoms with Crippen molar-refractivity contribution in [1.82, 2.24) is 14.9 Å². The van der Waals surface area contributed by atoms with Crippen molar-refractivity contribution in [1.29, 1.82) is 0 Å². The number of nitrogens with zero attached hydrogens (tertiary/aromatic N) is 2. The molecule has 0 amide bonds. The molecule has 7 nitrogen and oxygen atoms in total. The average molecular weight is 454 g/mol. The number of fused-ring (bicyclic) bond motifs is 1. The molecule has 0 saturated heterocycles. The average Bonchev–Trinajstić information content (AvgIpc) is 3.43. The molecular formula is C24H27N3O4S. The second-order valence-corrected chi connectivity index (χ2v) is 8.99. The van der Waals surface area contributed by atoms with E-state index < -0.39 is 6.10 Å². The van der Waals surface area contributed by atoms with Crippen LogP contribution in [0.5, 0.6) is 5.75 Å². The molecule has 4 aromatic rings. The van der Waals surface area contributed by atoms with E-state index in [9.17, 15) is 9.90 Å². The molecule has 1 atom stereocenters. The van der Waals surface area contributed by atoms with Gasteiger partial charge in [-0.25, -0.2) is 4.98 Å². The molecule has 32 heavy (non-hydrogen) atoms. The largest absolute Gasteiger partial charge is 0.497 e. The van der Waals surface area contributed by atoms with E-state index in [0.29, 0.717) is 35.7 Å². The number of hydrogen-bond acceptors (Lipinski definition) is 7. The number of aromatic amines is 1. The van der Waals surface area contributed by atoms with Gasteiger partial charge >= 0.3 is 0 Å². The summed E-state index contributed by atoms with van der Waals surface area (Å²) in [5.74, 6) is 2.20. The molecule has 1 unspecified atom stereocenters. The first-order valence-electron chi connectivity index (χ1n) is 10.5. The van der Waals surface area contributed by atoms with Crippen molar-refractivity contribution >= 4 is 21.6 Å². The minimum Gasteiger partial charge on any atom is -0.497 e. The van der Waals surface area contributed by atoms with Gasteiger partial charge in [0.05, 0.1) is 38.0 Å². The van der Waals surface area contributed by atoms with E-state index in [2.05, 4.69) is 4.98 Å². The number of aromatic nitrogens is 2. The maximum atomic E-state index is 13.0.